The molecule has 0 saturated carbocycles. The quantitative estimate of drug-likeness (QED) is 0.705. The Kier molecular flexibility index (Phi) is 4.95. The van der Waals surface area contributed by atoms with Gasteiger partial charge in [0.2, 0.25) is 11.8 Å². The summed E-state index contributed by atoms with van der Waals surface area (Å²) in [6.07, 6.45) is 4.74. The van der Waals surface area contributed by atoms with Crippen LogP contribution in [0.15, 0.2) is 18.2 Å². The fourth-order valence-corrected chi connectivity index (χ4v) is 6.45. The fraction of sp³-hybridized carbons (Fsp3) is 0.625. The molecule has 2 amide bonds. The first-order valence-electron chi connectivity index (χ1n) is 12.1. The van der Waals surface area contributed by atoms with Crippen LogP contribution >= 0.6 is 0 Å². The van der Waals surface area contributed by atoms with Gasteiger partial charge >= 0.3 is 0 Å². The minimum atomic E-state index is -0.359. The van der Waals surface area contributed by atoms with Gasteiger partial charge in [-0.15, -0.1) is 0 Å². The van der Waals surface area contributed by atoms with E-state index in [4.69, 9.17) is 5.10 Å². The maximum Gasteiger partial charge on any atom is 0.235 e. The highest BCUT2D eigenvalue weighted by Gasteiger charge is 2.44. The Morgan fingerprint density at radius 3 is 2.69 bits per heavy atom. The lowest BCUT2D eigenvalue weighted by molar-refractivity contribution is -0.134. The van der Waals surface area contributed by atoms with Gasteiger partial charge in [0.15, 0.2) is 0 Å². The van der Waals surface area contributed by atoms with Crippen molar-refractivity contribution < 1.29 is 9.59 Å². The maximum atomic E-state index is 12.5. The van der Waals surface area contributed by atoms with Crippen molar-refractivity contribution in [3.63, 3.8) is 0 Å². The number of piperazine rings is 1. The number of para-hydroxylation sites is 1. The van der Waals surface area contributed by atoms with Crippen LogP contribution in [-0.2, 0) is 16.6 Å². The molecule has 1 aromatic heterocycles. The molecule has 0 spiro atoms. The Balaban J connectivity index is 1.25. The van der Waals surface area contributed by atoms with E-state index in [0.717, 1.165) is 48.7 Å². The Morgan fingerprint density at radius 1 is 1.09 bits per heavy atom. The van der Waals surface area contributed by atoms with Crippen LogP contribution in [0.3, 0.4) is 0 Å². The lowest BCUT2D eigenvalue weighted by atomic mass is 9.92. The zero-order chi connectivity index (χ0) is 21.8. The zero-order valence-electron chi connectivity index (χ0n) is 18.7. The monoisotopic (exact) mass is 436 g/mol. The molecule has 8 heteroatoms. The molecule has 5 heterocycles. The normalized spacial score (nSPS) is 29.3. The van der Waals surface area contributed by atoms with Gasteiger partial charge in [-0.05, 0) is 50.8 Å². The third-order valence-corrected chi connectivity index (χ3v) is 8.06. The van der Waals surface area contributed by atoms with E-state index in [0.29, 0.717) is 24.9 Å². The van der Waals surface area contributed by atoms with Crippen molar-refractivity contribution in [3.8, 4) is 0 Å². The van der Waals surface area contributed by atoms with E-state index in [1.807, 2.05) is 11.7 Å². The number of piperidine rings is 2. The number of benzene rings is 1. The van der Waals surface area contributed by atoms with Crippen LogP contribution in [0.1, 0.15) is 43.7 Å². The lowest BCUT2D eigenvalue weighted by Gasteiger charge is -2.38. The number of likely N-dealkylation sites (tertiary alicyclic amines) is 1. The molecule has 2 aromatic rings. The topological polar surface area (TPSA) is 82.5 Å². The Hall–Kier alpha value is -2.45. The summed E-state index contributed by atoms with van der Waals surface area (Å²) in [4.78, 5) is 29.4. The molecule has 0 aliphatic carbocycles. The molecule has 4 fully saturated rings. The van der Waals surface area contributed by atoms with Crippen molar-refractivity contribution in [2.75, 3.05) is 37.6 Å². The average Bonchev–Trinajstić information content (AvgIpc) is 3.47. The van der Waals surface area contributed by atoms with Crippen LogP contribution in [0.2, 0.25) is 0 Å². The van der Waals surface area contributed by atoms with Crippen LogP contribution in [-0.4, -0.2) is 71.3 Å². The molecule has 8 nitrogen and oxygen atoms in total. The summed E-state index contributed by atoms with van der Waals surface area (Å²) in [6, 6.07) is 7.54. The highest BCUT2D eigenvalue weighted by Crippen LogP contribution is 2.40. The number of nitrogens with one attached hydrogen (secondary N) is 2. The number of carbonyl (C=O) groups excluding carboxylic acids is 2. The van der Waals surface area contributed by atoms with E-state index in [-0.39, 0.29) is 17.7 Å². The predicted octanol–water partition coefficient (Wildman–Crippen LogP) is 1.36. The smallest absolute Gasteiger partial charge is 0.235 e. The summed E-state index contributed by atoms with van der Waals surface area (Å²) in [7, 11) is 1.97. The number of nitrogens with zero attached hydrogens (tertiary/aromatic N) is 4. The third kappa shape index (κ3) is 3.31. The van der Waals surface area contributed by atoms with Gasteiger partial charge in [-0.25, -0.2) is 0 Å². The molecule has 1 aromatic carbocycles. The van der Waals surface area contributed by atoms with E-state index in [2.05, 4.69) is 38.6 Å². The van der Waals surface area contributed by atoms with E-state index in [1.165, 1.54) is 31.5 Å². The van der Waals surface area contributed by atoms with Crippen LogP contribution in [0.25, 0.3) is 10.9 Å². The molecule has 4 aliphatic heterocycles. The Labute approximate surface area is 188 Å². The van der Waals surface area contributed by atoms with E-state index in [1.54, 1.807) is 0 Å². The van der Waals surface area contributed by atoms with Crippen molar-refractivity contribution in [2.24, 2.45) is 13.0 Å². The number of amides is 2. The van der Waals surface area contributed by atoms with Gasteiger partial charge in [0.05, 0.1) is 22.8 Å². The molecule has 1 unspecified atom stereocenters. The van der Waals surface area contributed by atoms with Gasteiger partial charge in [-0.2, -0.15) is 5.10 Å². The number of aryl methyl sites for hydroxylation is 1. The Morgan fingerprint density at radius 2 is 1.94 bits per heavy atom. The number of aromatic nitrogens is 2. The van der Waals surface area contributed by atoms with Crippen molar-refractivity contribution in [3.05, 3.63) is 23.9 Å². The SMILES string of the molecule is Cn1nc(C2CCC(=O)NC2=O)c2cccc(N3C[C@H]4C[C@@H]3CN4CC3CCNCC3)c21. The lowest BCUT2D eigenvalue weighted by Crippen LogP contribution is -2.48. The first-order valence-corrected chi connectivity index (χ1v) is 12.1. The highest BCUT2D eigenvalue weighted by atomic mass is 16.2. The Bertz CT molecular complexity index is 1060. The van der Waals surface area contributed by atoms with Gasteiger partial charge in [0, 0.05) is 50.6 Å². The fourth-order valence-electron chi connectivity index (χ4n) is 6.45. The second-order valence-corrected chi connectivity index (χ2v) is 10.0. The van der Waals surface area contributed by atoms with Gasteiger partial charge in [0.25, 0.3) is 0 Å². The van der Waals surface area contributed by atoms with Crippen LogP contribution in [0.5, 0.6) is 0 Å². The van der Waals surface area contributed by atoms with Crippen LogP contribution in [0.4, 0.5) is 5.69 Å². The van der Waals surface area contributed by atoms with Gasteiger partial charge in [0.1, 0.15) is 0 Å². The minimum Gasteiger partial charge on any atom is -0.364 e. The number of carbonyl (C=O) groups is 2. The molecule has 2 N–H and O–H groups in total. The maximum absolute atomic E-state index is 12.5. The summed E-state index contributed by atoms with van der Waals surface area (Å²) in [5, 5.41) is 11.8. The molecule has 3 atom stereocenters. The molecule has 32 heavy (non-hydrogen) atoms. The molecular formula is C24H32N6O2. The summed E-state index contributed by atoms with van der Waals surface area (Å²) in [5.74, 6) is 0.0672. The second-order valence-electron chi connectivity index (χ2n) is 10.0. The largest absolute Gasteiger partial charge is 0.364 e. The van der Waals surface area contributed by atoms with Crippen molar-refractivity contribution in [1.82, 2.24) is 25.3 Å². The summed E-state index contributed by atoms with van der Waals surface area (Å²) >= 11 is 0. The van der Waals surface area contributed by atoms with Crippen molar-refractivity contribution in [1.29, 1.82) is 0 Å². The summed E-state index contributed by atoms with van der Waals surface area (Å²) in [5.41, 5.74) is 3.13. The molecule has 4 saturated heterocycles. The summed E-state index contributed by atoms with van der Waals surface area (Å²) < 4.78 is 1.93. The molecule has 170 valence electrons. The number of hydrogen-bond donors (Lipinski definition) is 2. The number of hydrogen-bond acceptors (Lipinski definition) is 6. The van der Waals surface area contributed by atoms with E-state index >= 15 is 0 Å². The second kappa shape index (κ2) is 7.85. The standard InChI is InChI=1S/C24H32N6O2/c1-28-23-18(22(27-28)19-5-6-21(31)26-24(19)32)3-2-4-20(23)30-14-16-11-17(30)13-29(16)12-15-7-9-25-10-8-15/h2-4,15-17,19,25H,5-14H2,1H3,(H,26,31,32)/t16-,17-,19?/m1/s1. The summed E-state index contributed by atoms with van der Waals surface area (Å²) in [6.45, 7) is 5.77. The minimum absolute atomic E-state index is 0.186. The number of rotatable bonds is 4. The van der Waals surface area contributed by atoms with Crippen LogP contribution in [0, 0.1) is 5.92 Å². The zero-order valence-corrected chi connectivity index (χ0v) is 18.7. The van der Waals surface area contributed by atoms with Crippen molar-refractivity contribution >= 4 is 28.4 Å². The number of fused-ring (bicyclic) bond motifs is 3. The molecule has 6 rings (SSSR count). The first kappa shape index (κ1) is 20.2. The first-order chi connectivity index (χ1) is 15.6. The molecule has 0 radical (unpaired) electrons. The van der Waals surface area contributed by atoms with Gasteiger partial charge in [-0.1, -0.05) is 12.1 Å². The van der Waals surface area contributed by atoms with Crippen molar-refractivity contribution in [2.45, 2.75) is 50.1 Å². The molecular weight excluding hydrogens is 404 g/mol. The number of imide groups is 1. The van der Waals surface area contributed by atoms with E-state index in [9.17, 15) is 9.59 Å². The van der Waals surface area contributed by atoms with E-state index < -0.39 is 0 Å². The number of anilines is 1. The van der Waals surface area contributed by atoms with Crippen LogP contribution < -0.4 is 15.5 Å². The van der Waals surface area contributed by atoms with Gasteiger partial charge in [-0.3, -0.25) is 24.5 Å². The average molecular weight is 437 g/mol. The molecule has 2 bridgehead atoms. The third-order valence-electron chi connectivity index (χ3n) is 8.06. The highest BCUT2D eigenvalue weighted by molar-refractivity contribution is 6.03. The molecule has 4 aliphatic rings. The predicted molar refractivity (Wildman–Crippen MR) is 123 cm³/mol. The van der Waals surface area contributed by atoms with Gasteiger partial charge < -0.3 is 10.2 Å².